The van der Waals surface area contributed by atoms with E-state index in [0.29, 0.717) is 22.8 Å². The number of carbonyl (C=O) groups excluding carboxylic acids is 1. The van der Waals surface area contributed by atoms with Crippen molar-refractivity contribution in [1.82, 2.24) is 5.43 Å². The number of hydrogen-bond acceptors (Lipinski definition) is 5. The topological polar surface area (TPSA) is 69.2 Å². The van der Waals surface area contributed by atoms with Crippen molar-refractivity contribution in [2.24, 2.45) is 5.10 Å². The highest BCUT2D eigenvalue weighted by molar-refractivity contribution is 5.95. The lowest BCUT2D eigenvalue weighted by Crippen LogP contribution is -2.18. The van der Waals surface area contributed by atoms with Gasteiger partial charge in [0.15, 0.2) is 11.5 Å². The molecule has 0 radical (unpaired) electrons. The van der Waals surface area contributed by atoms with Crippen molar-refractivity contribution in [2.75, 3.05) is 21.3 Å². The van der Waals surface area contributed by atoms with Gasteiger partial charge in [-0.2, -0.15) is 18.3 Å². The molecular formula is C18H17F3N2O4. The summed E-state index contributed by atoms with van der Waals surface area (Å²) in [6.45, 7) is 0. The molecule has 0 aliphatic carbocycles. The third-order valence-electron chi connectivity index (χ3n) is 3.58. The predicted octanol–water partition coefficient (Wildman–Crippen LogP) is 3.50. The van der Waals surface area contributed by atoms with Gasteiger partial charge in [-0.25, -0.2) is 5.43 Å². The van der Waals surface area contributed by atoms with Crippen molar-refractivity contribution in [3.63, 3.8) is 0 Å². The first-order chi connectivity index (χ1) is 12.8. The van der Waals surface area contributed by atoms with Gasteiger partial charge in [0, 0.05) is 17.2 Å². The third-order valence-corrected chi connectivity index (χ3v) is 3.58. The zero-order valence-electron chi connectivity index (χ0n) is 14.8. The lowest BCUT2D eigenvalue weighted by molar-refractivity contribution is -0.137. The Morgan fingerprint density at radius 1 is 0.963 bits per heavy atom. The van der Waals surface area contributed by atoms with Crippen LogP contribution in [0.3, 0.4) is 0 Å². The smallest absolute Gasteiger partial charge is 0.416 e. The molecule has 0 unspecified atom stereocenters. The van der Waals surface area contributed by atoms with Crippen molar-refractivity contribution in [2.45, 2.75) is 6.18 Å². The average molecular weight is 382 g/mol. The number of nitrogens with zero attached hydrogens (tertiary/aromatic N) is 1. The van der Waals surface area contributed by atoms with Gasteiger partial charge in [-0.3, -0.25) is 4.79 Å². The number of carbonyl (C=O) groups is 1. The van der Waals surface area contributed by atoms with Crippen molar-refractivity contribution in [1.29, 1.82) is 0 Å². The van der Waals surface area contributed by atoms with E-state index in [1.165, 1.54) is 27.5 Å². The summed E-state index contributed by atoms with van der Waals surface area (Å²) in [4.78, 5) is 12.0. The van der Waals surface area contributed by atoms with Crippen molar-refractivity contribution in [3.05, 3.63) is 53.1 Å². The predicted molar refractivity (Wildman–Crippen MR) is 92.6 cm³/mol. The zero-order valence-corrected chi connectivity index (χ0v) is 14.8. The second-order valence-electron chi connectivity index (χ2n) is 5.22. The second-order valence-corrected chi connectivity index (χ2v) is 5.22. The van der Waals surface area contributed by atoms with Gasteiger partial charge in [-0.15, -0.1) is 0 Å². The maximum Gasteiger partial charge on any atom is 0.416 e. The van der Waals surface area contributed by atoms with E-state index in [1.807, 2.05) is 0 Å². The number of hydrazone groups is 1. The molecule has 0 aromatic heterocycles. The Balaban J connectivity index is 2.14. The Labute approximate surface area is 153 Å². The zero-order chi connectivity index (χ0) is 20.0. The van der Waals surface area contributed by atoms with Crippen LogP contribution in [0.25, 0.3) is 0 Å². The molecule has 2 aromatic rings. The molecule has 0 saturated carbocycles. The van der Waals surface area contributed by atoms with Gasteiger partial charge in [0.05, 0.1) is 33.1 Å². The highest BCUT2D eigenvalue weighted by atomic mass is 19.4. The summed E-state index contributed by atoms with van der Waals surface area (Å²) in [5, 5.41) is 3.81. The second kappa shape index (κ2) is 8.43. The van der Waals surface area contributed by atoms with E-state index in [9.17, 15) is 18.0 Å². The number of amides is 1. The van der Waals surface area contributed by atoms with E-state index in [0.717, 1.165) is 24.3 Å². The number of benzene rings is 2. The summed E-state index contributed by atoms with van der Waals surface area (Å²) in [5.74, 6) is 0.675. The van der Waals surface area contributed by atoms with E-state index in [-0.39, 0.29) is 5.56 Å². The molecule has 144 valence electrons. The van der Waals surface area contributed by atoms with Crippen LogP contribution < -0.4 is 19.6 Å². The van der Waals surface area contributed by atoms with Crippen molar-refractivity contribution in [3.8, 4) is 17.2 Å². The highest BCUT2D eigenvalue weighted by Crippen LogP contribution is 2.33. The van der Waals surface area contributed by atoms with Crippen molar-refractivity contribution < 1.29 is 32.2 Å². The molecule has 0 aliphatic heterocycles. The summed E-state index contributed by atoms with van der Waals surface area (Å²) in [6, 6.07) is 7.00. The maximum atomic E-state index is 12.5. The quantitative estimate of drug-likeness (QED) is 0.613. The van der Waals surface area contributed by atoms with Gasteiger partial charge in [-0.05, 0) is 30.3 Å². The van der Waals surface area contributed by atoms with Gasteiger partial charge >= 0.3 is 6.18 Å². The van der Waals surface area contributed by atoms with Gasteiger partial charge in [0.2, 0.25) is 0 Å². The van der Waals surface area contributed by atoms with E-state index in [1.54, 1.807) is 12.1 Å². The highest BCUT2D eigenvalue weighted by Gasteiger charge is 2.30. The van der Waals surface area contributed by atoms with Crippen molar-refractivity contribution >= 4 is 12.1 Å². The van der Waals surface area contributed by atoms with Crippen LogP contribution in [0.4, 0.5) is 13.2 Å². The molecule has 0 saturated heterocycles. The lowest BCUT2D eigenvalue weighted by atomic mass is 10.1. The Morgan fingerprint density at radius 3 is 2.04 bits per heavy atom. The number of halogens is 3. The molecule has 0 aliphatic rings. The third kappa shape index (κ3) is 4.90. The molecule has 0 bridgehead atoms. The number of alkyl halides is 3. The average Bonchev–Trinajstić information content (AvgIpc) is 2.66. The molecule has 0 atom stereocenters. The number of nitrogens with one attached hydrogen (secondary N) is 1. The van der Waals surface area contributed by atoms with E-state index >= 15 is 0 Å². The van der Waals surface area contributed by atoms with E-state index in [4.69, 9.17) is 14.2 Å². The largest absolute Gasteiger partial charge is 0.496 e. The molecule has 27 heavy (non-hydrogen) atoms. The molecule has 0 spiro atoms. The summed E-state index contributed by atoms with van der Waals surface area (Å²) in [7, 11) is 4.41. The molecule has 0 fully saturated rings. The number of methoxy groups -OCH3 is 3. The first-order valence-electron chi connectivity index (χ1n) is 7.60. The number of ether oxygens (including phenoxy) is 3. The van der Waals surface area contributed by atoms with Crippen LogP contribution in [0.2, 0.25) is 0 Å². The molecule has 1 N–H and O–H groups in total. The van der Waals surface area contributed by atoms with Crippen LogP contribution in [0.1, 0.15) is 21.5 Å². The Morgan fingerprint density at radius 2 is 1.52 bits per heavy atom. The molecular weight excluding hydrogens is 365 g/mol. The fraction of sp³-hybridized carbons (Fsp3) is 0.222. The molecule has 2 rings (SSSR count). The molecule has 9 heteroatoms. The first-order valence-corrected chi connectivity index (χ1v) is 7.60. The monoisotopic (exact) mass is 382 g/mol. The number of rotatable bonds is 6. The summed E-state index contributed by atoms with van der Waals surface area (Å²) < 4.78 is 53.2. The standard InChI is InChI=1S/C18H17F3N2O4/c1-25-14-9-16(27-3)15(26-2)8-12(14)10-22-23-17(24)11-4-6-13(7-5-11)18(19,20)21/h4-10H,1-3H3,(H,23,24). The van der Waals surface area contributed by atoms with Gasteiger partial charge in [0.25, 0.3) is 5.91 Å². The lowest BCUT2D eigenvalue weighted by Gasteiger charge is -2.11. The normalized spacial score (nSPS) is 11.3. The minimum atomic E-state index is -4.46. The molecule has 0 heterocycles. The van der Waals surface area contributed by atoms with Gasteiger partial charge in [0.1, 0.15) is 5.75 Å². The fourth-order valence-electron chi connectivity index (χ4n) is 2.19. The molecule has 1 amide bonds. The van der Waals surface area contributed by atoms with Crippen LogP contribution in [0.15, 0.2) is 41.5 Å². The maximum absolute atomic E-state index is 12.5. The first kappa shape index (κ1) is 20.1. The Hall–Kier alpha value is -3.23. The molecule has 6 nitrogen and oxygen atoms in total. The van der Waals surface area contributed by atoms with E-state index < -0.39 is 17.6 Å². The van der Waals surface area contributed by atoms with Crippen LogP contribution in [-0.2, 0) is 6.18 Å². The van der Waals surface area contributed by atoms with E-state index in [2.05, 4.69) is 10.5 Å². The Bertz CT molecular complexity index is 834. The summed E-state index contributed by atoms with van der Waals surface area (Å²) in [5.41, 5.74) is 1.95. The van der Waals surface area contributed by atoms with Crippen LogP contribution >= 0.6 is 0 Å². The minimum absolute atomic E-state index is 0.0411. The van der Waals surface area contributed by atoms with Gasteiger partial charge in [-0.1, -0.05) is 0 Å². The van der Waals surface area contributed by atoms with Crippen LogP contribution in [0.5, 0.6) is 17.2 Å². The Kier molecular flexibility index (Phi) is 6.27. The SMILES string of the molecule is COc1cc(OC)c(OC)cc1C=NNC(=O)c1ccc(C(F)(F)F)cc1. The fourth-order valence-corrected chi connectivity index (χ4v) is 2.19. The van der Waals surface area contributed by atoms with Crippen LogP contribution in [0, 0.1) is 0 Å². The molecule has 2 aromatic carbocycles. The summed E-state index contributed by atoms with van der Waals surface area (Å²) in [6.07, 6.45) is -3.14. The minimum Gasteiger partial charge on any atom is -0.496 e. The van der Waals surface area contributed by atoms with Crippen LogP contribution in [-0.4, -0.2) is 33.5 Å². The number of hydrogen-bond donors (Lipinski definition) is 1. The van der Waals surface area contributed by atoms with Gasteiger partial charge < -0.3 is 14.2 Å². The summed E-state index contributed by atoms with van der Waals surface area (Å²) >= 11 is 0.